The predicted octanol–water partition coefficient (Wildman–Crippen LogP) is 2.14. The Morgan fingerprint density at radius 3 is 2.65 bits per heavy atom. The fraction of sp³-hybridized carbons (Fsp3) is 0.600. The summed E-state index contributed by atoms with van der Waals surface area (Å²) >= 11 is 0. The van der Waals surface area contributed by atoms with Crippen LogP contribution in [0.15, 0.2) is 24.3 Å². The second kappa shape index (κ2) is 6.91. The SMILES string of the molecule is CCN1CCC[C@@H](C(=O)N2CCC3(CC2)Nc2ccccc2NC3=O)C1. The maximum Gasteiger partial charge on any atom is 0.250 e. The van der Waals surface area contributed by atoms with Gasteiger partial charge in [0.1, 0.15) is 5.54 Å². The first kappa shape index (κ1) is 17.3. The van der Waals surface area contributed by atoms with E-state index in [1.807, 2.05) is 29.2 Å². The smallest absolute Gasteiger partial charge is 0.250 e. The van der Waals surface area contributed by atoms with Crippen LogP contribution < -0.4 is 10.6 Å². The predicted molar refractivity (Wildman–Crippen MR) is 102 cm³/mol. The van der Waals surface area contributed by atoms with E-state index in [-0.39, 0.29) is 17.7 Å². The first-order valence-corrected chi connectivity index (χ1v) is 9.81. The molecular weight excluding hydrogens is 328 g/mol. The van der Waals surface area contributed by atoms with Crippen molar-refractivity contribution in [3.8, 4) is 0 Å². The zero-order valence-electron chi connectivity index (χ0n) is 15.5. The van der Waals surface area contributed by atoms with Crippen molar-refractivity contribution in [2.75, 3.05) is 43.4 Å². The number of amides is 2. The van der Waals surface area contributed by atoms with Gasteiger partial charge in [-0.3, -0.25) is 9.59 Å². The molecule has 6 heteroatoms. The largest absolute Gasteiger partial charge is 0.369 e. The molecule has 0 radical (unpaired) electrons. The van der Waals surface area contributed by atoms with Crippen LogP contribution in [0.5, 0.6) is 0 Å². The van der Waals surface area contributed by atoms with Gasteiger partial charge in [-0.1, -0.05) is 19.1 Å². The van der Waals surface area contributed by atoms with Crippen LogP contribution in [-0.4, -0.2) is 59.9 Å². The van der Waals surface area contributed by atoms with Crippen LogP contribution in [0.3, 0.4) is 0 Å². The highest BCUT2D eigenvalue weighted by Crippen LogP contribution is 2.36. The van der Waals surface area contributed by atoms with E-state index in [4.69, 9.17) is 0 Å². The van der Waals surface area contributed by atoms with Crippen molar-refractivity contribution in [2.45, 2.75) is 38.1 Å². The molecule has 1 atom stereocenters. The van der Waals surface area contributed by atoms with Crippen LogP contribution in [0.4, 0.5) is 11.4 Å². The number of hydrogen-bond acceptors (Lipinski definition) is 4. The van der Waals surface area contributed by atoms with E-state index in [1.165, 1.54) is 0 Å². The number of fused-ring (bicyclic) bond motifs is 1. The molecule has 2 N–H and O–H groups in total. The Labute approximate surface area is 154 Å². The van der Waals surface area contributed by atoms with Gasteiger partial charge in [0, 0.05) is 19.6 Å². The Morgan fingerprint density at radius 1 is 1.19 bits per heavy atom. The quantitative estimate of drug-likeness (QED) is 0.852. The Hall–Kier alpha value is -2.08. The van der Waals surface area contributed by atoms with Crippen LogP contribution in [0.1, 0.15) is 32.6 Å². The van der Waals surface area contributed by atoms with E-state index in [0.717, 1.165) is 43.9 Å². The molecule has 1 spiro atoms. The summed E-state index contributed by atoms with van der Waals surface area (Å²) in [7, 11) is 0. The van der Waals surface area contributed by atoms with Crippen molar-refractivity contribution in [2.24, 2.45) is 5.92 Å². The lowest BCUT2D eigenvalue weighted by atomic mass is 9.83. The fourth-order valence-corrected chi connectivity index (χ4v) is 4.52. The molecule has 140 valence electrons. The third-order valence-corrected chi connectivity index (χ3v) is 6.21. The molecule has 0 bridgehead atoms. The molecule has 3 heterocycles. The number of nitrogens with zero attached hydrogens (tertiary/aromatic N) is 2. The summed E-state index contributed by atoms with van der Waals surface area (Å²) in [5.74, 6) is 0.416. The van der Waals surface area contributed by atoms with Crippen molar-refractivity contribution in [1.29, 1.82) is 0 Å². The van der Waals surface area contributed by atoms with Crippen LogP contribution in [0.25, 0.3) is 0 Å². The van der Waals surface area contributed by atoms with Gasteiger partial charge in [0.15, 0.2) is 0 Å². The number of rotatable bonds is 2. The Balaban J connectivity index is 1.41. The number of para-hydroxylation sites is 2. The summed E-state index contributed by atoms with van der Waals surface area (Å²) in [6, 6.07) is 7.80. The minimum absolute atomic E-state index is 0.0260. The second-order valence-electron chi connectivity index (χ2n) is 7.76. The Morgan fingerprint density at radius 2 is 1.92 bits per heavy atom. The second-order valence-corrected chi connectivity index (χ2v) is 7.76. The summed E-state index contributed by atoms with van der Waals surface area (Å²) in [6.45, 7) is 6.43. The van der Waals surface area contributed by atoms with Crippen molar-refractivity contribution < 1.29 is 9.59 Å². The van der Waals surface area contributed by atoms with Crippen molar-refractivity contribution in [3.63, 3.8) is 0 Å². The molecule has 1 aromatic rings. The molecule has 2 amide bonds. The molecule has 2 saturated heterocycles. The molecule has 4 rings (SSSR count). The third-order valence-electron chi connectivity index (χ3n) is 6.21. The number of carbonyl (C=O) groups excluding carboxylic acids is 2. The van der Waals surface area contributed by atoms with Gasteiger partial charge in [0.25, 0.3) is 0 Å². The number of benzene rings is 1. The molecule has 2 fully saturated rings. The number of anilines is 2. The highest BCUT2D eigenvalue weighted by atomic mass is 16.2. The number of likely N-dealkylation sites (tertiary alicyclic amines) is 2. The van der Waals surface area contributed by atoms with Gasteiger partial charge in [-0.15, -0.1) is 0 Å². The van der Waals surface area contributed by atoms with Gasteiger partial charge in [-0.05, 0) is 50.9 Å². The van der Waals surface area contributed by atoms with Gasteiger partial charge in [0.05, 0.1) is 17.3 Å². The number of carbonyl (C=O) groups is 2. The van der Waals surface area contributed by atoms with Crippen LogP contribution in [0, 0.1) is 5.92 Å². The molecular formula is C20H28N4O2. The van der Waals surface area contributed by atoms with Gasteiger partial charge in [-0.2, -0.15) is 0 Å². The molecule has 0 saturated carbocycles. The summed E-state index contributed by atoms with van der Waals surface area (Å²) in [5.41, 5.74) is 1.22. The van der Waals surface area contributed by atoms with Gasteiger partial charge < -0.3 is 20.4 Å². The zero-order chi connectivity index (χ0) is 18.1. The Kier molecular flexibility index (Phi) is 4.61. The average Bonchev–Trinajstić information content (AvgIpc) is 2.69. The lowest BCUT2D eigenvalue weighted by molar-refractivity contribution is -0.140. The number of hydrogen-bond donors (Lipinski definition) is 2. The maximum absolute atomic E-state index is 12.9. The lowest BCUT2D eigenvalue weighted by Crippen LogP contribution is -2.59. The van der Waals surface area contributed by atoms with E-state index < -0.39 is 5.54 Å². The molecule has 0 unspecified atom stereocenters. The topological polar surface area (TPSA) is 64.7 Å². The van der Waals surface area contributed by atoms with E-state index in [9.17, 15) is 9.59 Å². The normalized spacial score (nSPS) is 25.3. The van der Waals surface area contributed by atoms with Gasteiger partial charge >= 0.3 is 0 Å². The maximum atomic E-state index is 12.9. The van der Waals surface area contributed by atoms with E-state index in [2.05, 4.69) is 22.5 Å². The van der Waals surface area contributed by atoms with Crippen LogP contribution >= 0.6 is 0 Å². The molecule has 3 aliphatic heterocycles. The van der Waals surface area contributed by atoms with E-state index in [0.29, 0.717) is 25.9 Å². The lowest BCUT2D eigenvalue weighted by Gasteiger charge is -2.45. The summed E-state index contributed by atoms with van der Waals surface area (Å²) < 4.78 is 0. The summed E-state index contributed by atoms with van der Waals surface area (Å²) in [6.07, 6.45) is 3.40. The molecule has 3 aliphatic rings. The van der Waals surface area contributed by atoms with Crippen molar-refractivity contribution >= 4 is 23.2 Å². The van der Waals surface area contributed by atoms with Crippen LogP contribution in [0.2, 0.25) is 0 Å². The molecule has 6 nitrogen and oxygen atoms in total. The van der Waals surface area contributed by atoms with Crippen molar-refractivity contribution in [3.05, 3.63) is 24.3 Å². The minimum Gasteiger partial charge on any atom is -0.369 e. The Bertz CT molecular complexity index is 697. The number of piperidine rings is 2. The summed E-state index contributed by atoms with van der Waals surface area (Å²) in [4.78, 5) is 30.0. The van der Waals surface area contributed by atoms with Crippen molar-refractivity contribution in [1.82, 2.24) is 9.80 Å². The molecule has 0 aromatic heterocycles. The highest BCUT2D eigenvalue weighted by molar-refractivity contribution is 6.06. The molecule has 1 aromatic carbocycles. The average molecular weight is 356 g/mol. The monoisotopic (exact) mass is 356 g/mol. The number of nitrogens with one attached hydrogen (secondary N) is 2. The van der Waals surface area contributed by atoms with Gasteiger partial charge in [-0.25, -0.2) is 0 Å². The zero-order valence-corrected chi connectivity index (χ0v) is 15.5. The highest BCUT2D eigenvalue weighted by Gasteiger charge is 2.45. The van der Waals surface area contributed by atoms with E-state index in [1.54, 1.807) is 0 Å². The first-order chi connectivity index (χ1) is 12.6. The fourth-order valence-electron chi connectivity index (χ4n) is 4.52. The minimum atomic E-state index is -0.590. The van der Waals surface area contributed by atoms with Crippen LogP contribution in [-0.2, 0) is 9.59 Å². The first-order valence-electron chi connectivity index (χ1n) is 9.81. The molecule has 0 aliphatic carbocycles. The van der Waals surface area contributed by atoms with E-state index >= 15 is 0 Å². The summed E-state index contributed by atoms with van der Waals surface area (Å²) in [5, 5.41) is 6.49. The standard InChI is InChI=1S/C20H28N4O2/c1-2-23-11-5-6-15(14-23)18(25)24-12-9-20(10-13-24)19(26)21-16-7-3-4-8-17(16)22-20/h3-4,7-8,15,22H,2,5-6,9-14H2,1H3,(H,21,26)/t15-/m1/s1. The molecule has 26 heavy (non-hydrogen) atoms. The van der Waals surface area contributed by atoms with Gasteiger partial charge in [0.2, 0.25) is 11.8 Å². The third kappa shape index (κ3) is 3.07.